The van der Waals surface area contributed by atoms with E-state index in [4.69, 9.17) is 5.73 Å². The fourth-order valence-electron chi connectivity index (χ4n) is 1.36. The lowest BCUT2D eigenvalue weighted by Crippen LogP contribution is -2.43. The van der Waals surface area contributed by atoms with Crippen LogP contribution in [0.15, 0.2) is 4.99 Å². The molecule has 0 aliphatic heterocycles. The molecule has 64 valence electrons. The van der Waals surface area contributed by atoms with E-state index in [1.54, 1.807) is 7.05 Å². The van der Waals surface area contributed by atoms with Gasteiger partial charge in [0, 0.05) is 7.05 Å². The minimum absolute atomic E-state index is 0.110. The lowest BCUT2D eigenvalue weighted by atomic mass is 10.2. The lowest BCUT2D eigenvalue weighted by molar-refractivity contribution is 0.157. The van der Waals surface area contributed by atoms with E-state index in [0.717, 1.165) is 19.3 Å². The standard InChI is InChI=1S/C7H15N3O/c1-9-7(8)10-5-3-2-4-6(5)11/h5-6,11H,2-4H2,1H3,(H3,8,9,10). The van der Waals surface area contributed by atoms with Gasteiger partial charge in [-0.05, 0) is 19.3 Å². The van der Waals surface area contributed by atoms with E-state index >= 15 is 0 Å². The van der Waals surface area contributed by atoms with Crippen LogP contribution in [0.1, 0.15) is 19.3 Å². The zero-order valence-corrected chi connectivity index (χ0v) is 6.75. The molecule has 1 aliphatic rings. The smallest absolute Gasteiger partial charge is 0.188 e. The Bertz CT molecular complexity index is 158. The van der Waals surface area contributed by atoms with Gasteiger partial charge in [-0.3, -0.25) is 4.99 Å². The van der Waals surface area contributed by atoms with Crippen LogP contribution in [0.3, 0.4) is 0 Å². The number of rotatable bonds is 1. The monoisotopic (exact) mass is 157 g/mol. The van der Waals surface area contributed by atoms with Gasteiger partial charge in [-0.25, -0.2) is 0 Å². The van der Waals surface area contributed by atoms with Gasteiger partial charge in [0.15, 0.2) is 5.96 Å². The van der Waals surface area contributed by atoms with Gasteiger partial charge in [0.05, 0.1) is 12.1 Å². The number of hydrogen-bond acceptors (Lipinski definition) is 2. The van der Waals surface area contributed by atoms with Crippen molar-refractivity contribution in [3.05, 3.63) is 0 Å². The summed E-state index contributed by atoms with van der Waals surface area (Å²) in [5.41, 5.74) is 5.44. The lowest BCUT2D eigenvalue weighted by Gasteiger charge is -2.16. The van der Waals surface area contributed by atoms with Crippen LogP contribution < -0.4 is 11.1 Å². The maximum atomic E-state index is 9.36. The van der Waals surface area contributed by atoms with E-state index in [2.05, 4.69) is 10.3 Å². The molecule has 0 radical (unpaired) electrons. The predicted octanol–water partition coefficient (Wildman–Crippen LogP) is -0.566. The van der Waals surface area contributed by atoms with Crippen molar-refractivity contribution in [2.24, 2.45) is 10.7 Å². The highest BCUT2D eigenvalue weighted by molar-refractivity contribution is 5.78. The second-order valence-corrected chi connectivity index (χ2v) is 2.86. The van der Waals surface area contributed by atoms with E-state index in [1.807, 2.05) is 0 Å². The van der Waals surface area contributed by atoms with Gasteiger partial charge in [0.2, 0.25) is 0 Å². The number of aliphatic hydroxyl groups is 1. The second kappa shape index (κ2) is 3.57. The van der Waals surface area contributed by atoms with Crippen LogP contribution in [0.25, 0.3) is 0 Å². The summed E-state index contributed by atoms with van der Waals surface area (Å²) in [5.74, 6) is 0.413. The van der Waals surface area contributed by atoms with Crippen LogP contribution in [0.5, 0.6) is 0 Å². The van der Waals surface area contributed by atoms with Crippen LogP contribution in [0.4, 0.5) is 0 Å². The van der Waals surface area contributed by atoms with Crippen molar-refractivity contribution >= 4 is 5.96 Å². The van der Waals surface area contributed by atoms with Crippen molar-refractivity contribution < 1.29 is 5.11 Å². The molecule has 0 bridgehead atoms. The predicted molar refractivity (Wildman–Crippen MR) is 44.3 cm³/mol. The molecule has 1 fully saturated rings. The molecule has 0 amide bonds. The Kier molecular flexibility index (Phi) is 2.70. The highest BCUT2D eigenvalue weighted by Crippen LogP contribution is 2.18. The van der Waals surface area contributed by atoms with Crippen molar-refractivity contribution in [2.45, 2.75) is 31.4 Å². The molecule has 0 spiro atoms. The Morgan fingerprint density at radius 1 is 1.64 bits per heavy atom. The minimum atomic E-state index is -0.254. The summed E-state index contributed by atoms with van der Waals surface area (Å²) in [7, 11) is 1.63. The number of guanidine groups is 1. The molecular formula is C7H15N3O. The molecule has 1 rings (SSSR count). The quantitative estimate of drug-likeness (QED) is 0.353. The summed E-state index contributed by atoms with van der Waals surface area (Å²) in [6.07, 6.45) is 2.66. The van der Waals surface area contributed by atoms with E-state index in [-0.39, 0.29) is 12.1 Å². The van der Waals surface area contributed by atoms with Crippen LogP contribution >= 0.6 is 0 Å². The third-order valence-corrected chi connectivity index (χ3v) is 2.05. The molecule has 0 aromatic carbocycles. The third kappa shape index (κ3) is 2.08. The first kappa shape index (κ1) is 8.33. The Morgan fingerprint density at radius 2 is 2.36 bits per heavy atom. The first-order valence-corrected chi connectivity index (χ1v) is 3.91. The summed E-state index contributed by atoms with van der Waals surface area (Å²) in [6.45, 7) is 0. The van der Waals surface area contributed by atoms with Crippen LogP contribution in [0.2, 0.25) is 0 Å². The summed E-state index contributed by atoms with van der Waals surface area (Å²) in [6, 6.07) is 0.110. The molecule has 0 heterocycles. The van der Waals surface area contributed by atoms with Crippen molar-refractivity contribution in [1.82, 2.24) is 5.32 Å². The highest BCUT2D eigenvalue weighted by Gasteiger charge is 2.24. The number of nitrogens with zero attached hydrogens (tertiary/aromatic N) is 1. The molecule has 2 unspecified atom stereocenters. The van der Waals surface area contributed by atoms with Crippen molar-refractivity contribution in [3.63, 3.8) is 0 Å². The molecule has 0 aromatic rings. The number of hydrogen-bond donors (Lipinski definition) is 3. The van der Waals surface area contributed by atoms with E-state index in [9.17, 15) is 5.11 Å². The van der Waals surface area contributed by atoms with Gasteiger partial charge >= 0.3 is 0 Å². The Morgan fingerprint density at radius 3 is 2.82 bits per heavy atom. The van der Waals surface area contributed by atoms with Crippen LogP contribution in [0, 0.1) is 0 Å². The van der Waals surface area contributed by atoms with E-state index in [1.165, 1.54) is 0 Å². The van der Waals surface area contributed by atoms with E-state index < -0.39 is 0 Å². The van der Waals surface area contributed by atoms with Crippen molar-refractivity contribution in [3.8, 4) is 0 Å². The first-order chi connectivity index (χ1) is 5.24. The second-order valence-electron chi connectivity index (χ2n) is 2.86. The van der Waals surface area contributed by atoms with Crippen LogP contribution in [-0.2, 0) is 0 Å². The Hall–Kier alpha value is -0.770. The van der Waals surface area contributed by atoms with Crippen molar-refractivity contribution in [2.75, 3.05) is 7.05 Å². The van der Waals surface area contributed by atoms with Crippen LogP contribution in [-0.4, -0.2) is 30.3 Å². The first-order valence-electron chi connectivity index (χ1n) is 3.91. The molecule has 0 aromatic heterocycles. The van der Waals surface area contributed by atoms with Gasteiger partial charge in [-0.1, -0.05) is 0 Å². The number of aliphatic imine (C=N–C) groups is 1. The normalized spacial score (nSPS) is 32.4. The summed E-state index contributed by atoms with van der Waals surface area (Å²) < 4.78 is 0. The fourth-order valence-corrected chi connectivity index (χ4v) is 1.36. The van der Waals surface area contributed by atoms with Gasteiger partial charge in [-0.2, -0.15) is 0 Å². The maximum Gasteiger partial charge on any atom is 0.188 e. The average Bonchev–Trinajstić information content (AvgIpc) is 2.37. The Balaban J connectivity index is 2.36. The van der Waals surface area contributed by atoms with Gasteiger partial charge in [0.25, 0.3) is 0 Å². The maximum absolute atomic E-state index is 9.36. The summed E-state index contributed by atoms with van der Waals surface area (Å²) >= 11 is 0. The number of nitrogens with one attached hydrogen (secondary N) is 1. The number of aliphatic hydroxyl groups excluding tert-OH is 1. The zero-order chi connectivity index (χ0) is 8.27. The minimum Gasteiger partial charge on any atom is -0.391 e. The van der Waals surface area contributed by atoms with Crippen molar-refractivity contribution in [1.29, 1.82) is 0 Å². The molecule has 4 nitrogen and oxygen atoms in total. The molecule has 4 N–H and O–H groups in total. The van der Waals surface area contributed by atoms with Gasteiger partial charge < -0.3 is 16.2 Å². The highest BCUT2D eigenvalue weighted by atomic mass is 16.3. The SMILES string of the molecule is CN=C(N)NC1CCCC1O. The summed E-state index contributed by atoms with van der Waals surface area (Å²) in [4.78, 5) is 3.76. The molecule has 4 heteroatoms. The average molecular weight is 157 g/mol. The zero-order valence-electron chi connectivity index (χ0n) is 6.75. The molecule has 2 atom stereocenters. The third-order valence-electron chi connectivity index (χ3n) is 2.05. The number of nitrogens with two attached hydrogens (primary N) is 1. The molecule has 1 saturated carbocycles. The van der Waals surface area contributed by atoms with Gasteiger partial charge in [0.1, 0.15) is 0 Å². The molecular weight excluding hydrogens is 142 g/mol. The fraction of sp³-hybridized carbons (Fsp3) is 0.857. The molecule has 0 saturated heterocycles. The Labute approximate surface area is 66.5 Å². The summed E-state index contributed by atoms with van der Waals surface area (Å²) in [5, 5.41) is 12.3. The van der Waals surface area contributed by atoms with Gasteiger partial charge in [-0.15, -0.1) is 0 Å². The van der Waals surface area contributed by atoms with E-state index in [0.29, 0.717) is 5.96 Å². The molecule has 11 heavy (non-hydrogen) atoms. The molecule has 1 aliphatic carbocycles. The topological polar surface area (TPSA) is 70.6 Å². The largest absolute Gasteiger partial charge is 0.391 e.